The van der Waals surface area contributed by atoms with Gasteiger partial charge in [0.15, 0.2) is 0 Å². The van der Waals surface area contributed by atoms with Crippen molar-refractivity contribution in [1.82, 2.24) is 0 Å². The van der Waals surface area contributed by atoms with Crippen LogP contribution in [0.15, 0.2) is 26.3 Å². The molecule has 0 aromatic carbocycles. The first-order chi connectivity index (χ1) is 2.00. The summed E-state index contributed by atoms with van der Waals surface area (Å²) in [5.41, 5.74) is 0. The SMILES string of the molecule is C=C.C=C.[Na+].[Na+]. The fourth-order valence-corrected chi connectivity index (χ4v) is 0. The number of hydrogen-bond donors (Lipinski definition) is 0. The van der Waals surface area contributed by atoms with Crippen molar-refractivity contribution in [2.75, 3.05) is 0 Å². The van der Waals surface area contributed by atoms with Crippen molar-refractivity contribution >= 4 is 0 Å². The molecule has 0 N–H and O–H groups in total. The second-order valence-corrected chi connectivity index (χ2v) is 0. The van der Waals surface area contributed by atoms with Crippen LogP contribution in [-0.4, -0.2) is 0 Å². The van der Waals surface area contributed by atoms with Crippen LogP contribution in [0.1, 0.15) is 0 Å². The van der Waals surface area contributed by atoms with E-state index in [9.17, 15) is 0 Å². The van der Waals surface area contributed by atoms with E-state index in [1.807, 2.05) is 0 Å². The molecule has 0 aromatic rings. The van der Waals surface area contributed by atoms with Gasteiger partial charge in [-0.05, 0) is 0 Å². The summed E-state index contributed by atoms with van der Waals surface area (Å²) < 4.78 is 0. The third-order valence-corrected chi connectivity index (χ3v) is 0. The fourth-order valence-electron chi connectivity index (χ4n) is 0. The quantitative estimate of drug-likeness (QED) is 0.214. The third-order valence-electron chi connectivity index (χ3n) is 0. The predicted molar refractivity (Wildman–Crippen MR) is 22.5 cm³/mol. The topological polar surface area (TPSA) is 0 Å². The summed E-state index contributed by atoms with van der Waals surface area (Å²) in [4.78, 5) is 0. The van der Waals surface area contributed by atoms with Crippen molar-refractivity contribution in [3.8, 4) is 0 Å². The van der Waals surface area contributed by atoms with Crippen molar-refractivity contribution in [3.63, 3.8) is 0 Å². The summed E-state index contributed by atoms with van der Waals surface area (Å²) in [6.07, 6.45) is 0. The molecule has 6 heavy (non-hydrogen) atoms. The number of hydrogen-bond acceptors (Lipinski definition) is 0. The monoisotopic (exact) mass is 102 g/mol. The van der Waals surface area contributed by atoms with Gasteiger partial charge in [0.1, 0.15) is 0 Å². The van der Waals surface area contributed by atoms with Gasteiger partial charge in [0, 0.05) is 0 Å². The molecule has 0 nitrogen and oxygen atoms in total. The number of rotatable bonds is 0. The standard InChI is InChI=1S/2C2H4.2Na/c2*1-2;;/h2*1-2H2;;/q;;2*+1. The molecule has 0 saturated carbocycles. The van der Waals surface area contributed by atoms with Gasteiger partial charge in [-0.1, -0.05) is 0 Å². The Morgan fingerprint density at radius 2 is 0.500 bits per heavy atom. The minimum absolute atomic E-state index is 0. The maximum absolute atomic E-state index is 3.00. The Morgan fingerprint density at radius 1 is 0.500 bits per heavy atom. The first kappa shape index (κ1) is 25.9. The van der Waals surface area contributed by atoms with Crippen LogP contribution in [0, 0.1) is 0 Å². The predicted octanol–water partition coefficient (Wildman–Crippen LogP) is -4.39. The minimum atomic E-state index is 0. The summed E-state index contributed by atoms with van der Waals surface area (Å²) in [6, 6.07) is 0. The maximum atomic E-state index is 3.00. The summed E-state index contributed by atoms with van der Waals surface area (Å²) in [6.45, 7) is 12.0. The molecule has 24 valence electrons. The summed E-state index contributed by atoms with van der Waals surface area (Å²) in [5.74, 6) is 0. The van der Waals surface area contributed by atoms with E-state index in [-0.39, 0.29) is 59.1 Å². The molecule has 0 aliphatic heterocycles. The Morgan fingerprint density at radius 3 is 0.500 bits per heavy atom. The van der Waals surface area contributed by atoms with E-state index >= 15 is 0 Å². The van der Waals surface area contributed by atoms with Crippen LogP contribution < -0.4 is 59.1 Å². The molecule has 0 fully saturated rings. The molecule has 0 rings (SSSR count). The van der Waals surface area contributed by atoms with Gasteiger partial charge in [0.2, 0.25) is 0 Å². The van der Waals surface area contributed by atoms with E-state index in [4.69, 9.17) is 0 Å². The van der Waals surface area contributed by atoms with Gasteiger partial charge < -0.3 is 0 Å². The normalized spacial score (nSPS) is 1.33. The molecular formula is C4H8Na2+2. The molecule has 0 bridgehead atoms. The molecule has 0 heterocycles. The van der Waals surface area contributed by atoms with Crippen LogP contribution in [-0.2, 0) is 0 Å². The second-order valence-electron chi connectivity index (χ2n) is 0. The molecule has 0 amide bonds. The van der Waals surface area contributed by atoms with Crippen LogP contribution in [0.3, 0.4) is 0 Å². The average molecular weight is 102 g/mol. The van der Waals surface area contributed by atoms with E-state index in [0.717, 1.165) is 0 Å². The van der Waals surface area contributed by atoms with Gasteiger partial charge >= 0.3 is 59.1 Å². The molecule has 0 aromatic heterocycles. The maximum Gasteiger partial charge on any atom is 1.00 e. The van der Waals surface area contributed by atoms with Crippen LogP contribution in [0.2, 0.25) is 0 Å². The second kappa shape index (κ2) is 88.8. The first-order valence-corrected chi connectivity index (χ1v) is 1.000. The van der Waals surface area contributed by atoms with Gasteiger partial charge in [-0.15, -0.1) is 26.3 Å². The van der Waals surface area contributed by atoms with Gasteiger partial charge in [0.05, 0.1) is 0 Å². The third kappa shape index (κ3) is 50.2. The van der Waals surface area contributed by atoms with Crippen molar-refractivity contribution in [2.24, 2.45) is 0 Å². The van der Waals surface area contributed by atoms with Crippen LogP contribution in [0.25, 0.3) is 0 Å². The van der Waals surface area contributed by atoms with E-state index in [1.165, 1.54) is 0 Å². The Kier molecular flexibility index (Phi) is 384. The Labute approximate surface area is 84.3 Å². The molecule has 0 unspecified atom stereocenters. The molecule has 0 atom stereocenters. The van der Waals surface area contributed by atoms with E-state index in [2.05, 4.69) is 26.3 Å². The smallest absolute Gasteiger partial charge is 0.106 e. The van der Waals surface area contributed by atoms with E-state index < -0.39 is 0 Å². The van der Waals surface area contributed by atoms with Crippen LogP contribution in [0.4, 0.5) is 0 Å². The molecule has 0 spiro atoms. The van der Waals surface area contributed by atoms with Gasteiger partial charge in [-0.25, -0.2) is 0 Å². The first-order valence-electron chi connectivity index (χ1n) is 1.000. The van der Waals surface area contributed by atoms with Crippen LogP contribution >= 0.6 is 0 Å². The van der Waals surface area contributed by atoms with Gasteiger partial charge in [-0.2, -0.15) is 0 Å². The van der Waals surface area contributed by atoms with E-state index in [0.29, 0.717) is 0 Å². The zero-order valence-electron chi connectivity index (χ0n) is 4.83. The minimum Gasteiger partial charge on any atom is -0.106 e. The summed E-state index contributed by atoms with van der Waals surface area (Å²) in [7, 11) is 0. The van der Waals surface area contributed by atoms with E-state index in [1.54, 1.807) is 0 Å². The van der Waals surface area contributed by atoms with Crippen LogP contribution in [0.5, 0.6) is 0 Å². The van der Waals surface area contributed by atoms with Crippen molar-refractivity contribution in [3.05, 3.63) is 26.3 Å². The molecular weight excluding hydrogens is 94.0 g/mol. The Balaban J connectivity index is -0.00000000500. The zero-order valence-corrected chi connectivity index (χ0v) is 8.83. The molecule has 0 aliphatic rings. The molecule has 0 aliphatic carbocycles. The largest absolute Gasteiger partial charge is 1.00 e. The summed E-state index contributed by atoms with van der Waals surface area (Å²) in [5, 5.41) is 0. The summed E-state index contributed by atoms with van der Waals surface area (Å²) >= 11 is 0. The molecule has 2 heteroatoms. The van der Waals surface area contributed by atoms with Crippen molar-refractivity contribution in [1.29, 1.82) is 0 Å². The Hall–Kier alpha value is 1.48. The zero-order chi connectivity index (χ0) is 4.00. The van der Waals surface area contributed by atoms with Crippen molar-refractivity contribution in [2.45, 2.75) is 0 Å². The molecule has 0 radical (unpaired) electrons. The Bertz CT molecular complexity index is 7.51. The van der Waals surface area contributed by atoms with Gasteiger partial charge in [0.25, 0.3) is 0 Å². The average Bonchev–Trinajstić information content (AvgIpc) is 1.50. The fraction of sp³-hybridized carbons (Fsp3) is 0. The van der Waals surface area contributed by atoms with Gasteiger partial charge in [-0.3, -0.25) is 0 Å². The molecule has 0 saturated heterocycles. The van der Waals surface area contributed by atoms with Crippen molar-refractivity contribution < 1.29 is 59.1 Å².